The molecule has 18 heavy (non-hydrogen) atoms. The van der Waals surface area contributed by atoms with Gasteiger partial charge in [-0.15, -0.1) is 0 Å². The standard InChI is InChI=1S/C14H20N2O2/c1-10-6-8-16(9-7-10)14(17)11-4-3-5-12(18-2)13(11)15/h3-5,10H,6-9,15H2,1-2H3. The number of methoxy groups -OCH3 is 1. The highest BCUT2D eigenvalue weighted by atomic mass is 16.5. The summed E-state index contributed by atoms with van der Waals surface area (Å²) in [5, 5.41) is 0. The largest absolute Gasteiger partial charge is 0.495 e. The number of nitrogens with zero attached hydrogens (tertiary/aromatic N) is 1. The maximum absolute atomic E-state index is 12.4. The summed E-state index contributed by atoms with van der Waals surface area (Å²) in [6.45, 7) is 3.86. The van der Waals surface area contributed by atoms with E-state index in [2.05, 4.69) is 6.92 Å². The second-order valence-electron chi connectivity index (χ2n) is 4.90. The van der Waals surface area contributed by atoms with Gasteiger partial charge in [0.15, 0.2) is 0 Å². The molecule has 1 aliphatic heterocycles. The highest BCUT2D eigenvalue weighted by molar-refractivity contribution is 6.00. The third-order valence-corrected chi connectivity index (χ3v) is 3.59. The van der Waals surface area contributed by atoms with Gasteiger partial charge in [0.1, 0.15) is 5.75 Å². The number of ether oxygens (including phenoxy) is 1. The fraction of sp³-hybridized carbons (Fsp3) is 0.500. The van der Waals surface area contributed by atoms with Crippen molar-refractivity contribution in [2.45, 2.75) is 19.8 Å². The monoisotopic (exact) mass is 248 g/mol. The van der Waals surface area contributed by atoms with Gasteiger partial charge in [-0.2, -0.15) is 0 Å². The van der Waals surface area contributed by atoms with Gasteiger partial charge in [-0.3, -0.25) is 4.79 Å². The van der Waals surface area contributed by atoms with Crippen molar-refractivity contribution in [3.8, 4) is 5.75 Å². The molecule has 98 valence electrons. The zero-order valence-electron chi connectivity index (χ0n) is 11.0. The second-order valence-corrected chi connectivity index (χ2v) is 4.90. The number of likely N-dealkylation sites (tertiary alicyclic amines) is 1. The van der Waals surface area contributed by atoms with Crippen molar-refractivity contribution in [2.75, 3.05) is 25.9 Å². The minimum absolute atomic E-state index is 0.0123. The van der Waals surface area contributed by atoms with Gasteiger partial charge in [0, 0.05) is 13.1 Å². The Hall–Kier alpha value is -1.71. The average molecular weight is 248 g/mol. The molecule has 0 radical (unpaired) electrons. The van der Waals surface area contributed by atoms with Gasteiger partial charge in [0.25, 0.3) is 5.91 Å². The van der Waals surface area contributed by atoms with Crippen LogP contribution in [0.5, 0.6) is 5.75 Å². The van der Waals surface area contributed by atoms with Crippen LogP contribution in [0.3, 0.4) is 0 Å². The van der Waals surface area contributed by atoms with Crippen LogP contribution in [0, 0.1) is 5.92 Å². The van der Waals surface area contributed by atoms with Crippen LogP contribution in [0.25, 0.3) is 0 Å². The molecule has 1 aromatic carbocycles. The number of nitrogens with two attached hydrogens (primary N) is 1. The molecule has 1 fully saturated rings. The van der Waals surface area contributed by atoms with Crippen molar-refractivity contribution < 1.29 is 9.53 Å². The zero-order valence-corrected chi connectivity index (χ0v) is 11.0. The topological polar surface area (TPSA) is 55.6 Å². The number of benzene rings is 1. The molecule has 1 amide bonds. The first-order valence-electron chi connectivity index (χ1n) is 6.35. The van der Waals surface area contributed by atoms with Crippen molar-refractivity contribution in [3.05, 3.63) is 23.8 Å². The van der Waals surface area contributed by atoms with E-state index in [-0.39, 0.29) is 5.91 Å². The first-order valence-corrected chi connectivity index (χ1v) is 6.35. The van der Waals surface area contributed by atoms with Crippen LogP contribution in [0.1, 0.15) is 30.1 Å². The van der Waals surface area contributed by atoms with Gasteiger partial charge in [-0.1, -0.05) is 13.0 Å². The lowest BCUT2D eigenvalue weighted by molar-refractivity contribution is 0.0698. The summed E-state index contributed by atoms with van der Waals surface area (Å²) < 4.78 is 5.14. The van der Waals surface area contributed by atoms with Crippen LogP contribution in [-0.4, -0.2) is 31.0 Å². The molecule has 0 aliphatic carbocycles. The van der Waals surface area contributed by atoms with Crippen LogP contribution in [-0.2, 0) is 0 Å². The lowest BCUT2D eigenvalue weighted by Gasteiger charge is -2.30. The highest BCUT2D eigenvalue weighted by Gasteiger charge is 2.23. The van der Waals surface area contributed by atoms with Crippen molar-refractivity contribution in [1.29, 1.82) is 0 Å². The van der Waals surface area contributed by atoms with E-state index < -0.39 is 0 Å². The van der Waals surface area contributed by atoms with E-state index >= 15 is 0 Å². The molecule has 0 atom stereocenters. The summed E-state index contributed by atoms with van der Waals surface area (Å²) in [4.78, 5) is 14.3. The van der Waals surface area contributed by atoms with Crippen LogP contribution in [0.2, 0.25) is 0 Å². The Morgan fingerprint density at radius 3 is 2.67 bits per heavy atom. The van der Waals surface area contributed by atoms with Gasteiger partial charge in [0.2, 0.25) is 0 Å². The third kappa shape index (κ3) is 2.42. The molecule has 1 aliphatic rings. The number of nitrogen functional groups attached to an aromatic ring is 1. The maximum atomic E-state index is 12.4. The Kier molecular flexibility index (Phi) is 3.75. The van der Waals surface area contributed by atoms with Gasteiger partial charge >= 0.3 is 0 Å². The number of hydrogen-bond acceptors (Lipinski definition) is 3. The molecule has 0 aromatic heterocycles. The van der Waals surface area contributed by atoms with E-state index in [0.29, 0.717) is 22.9 Å². The van der Waals surface area contributed by atoms with E-state index in [4.69, 9.17) is 10.5 Å². The molecule has 0 unspecified atom stereocenters. The van der Waals surface area contributed by atoms with Crippen LogP contribution < -0.4 is 10.5 Å². The third-order valence-electron chi connectivity index (χ3n) is 3.59. The van der Waals surface area contributed by atoms with Crippen LogP contribution >= 0.6 is 0 Å². The fourth-order valence-corrected chi connectivity index (χ4v) is 2.29. The molecular formula is C14H20N2O2. The van der Waals surface area contributed by atoms with E-state index in [9.17, 15) is 4.79 Å². The number of hydrogen-bond donors (Lipinski definition) is 1. The van der Waals surface area contributed by atoms with Crippen molar-refractivity contribution in [3.63, 3.8) is 0 Å². The average Bonchev–Trinajstić information content (AvgIpc) is 2.39. The smallest absolute Gasteiger partial charge is 0.256 e. The summed E-state index contributed by atoms with van der Waals surface area (Å²) in [5.41, 5.74) is 6.94. The normalized spacial score (nSPS) is 16.7. The van der Waals surface area contributed by atoms with E-state index in [1.807, 2.05) is 4.90 Å². The Labute approximate surface area is 108 Å². The number of anilines is 1. The molecule has 0 spiro atoms. The molecule has 2 rings (SSSR count). The number of carbonyl (C=O) groups excluding carboxylic acids is 1. The van der Waals surface area contributed by atoms with Gasteiger partial charge in [-0.05, 0) is 30.9 Å². The fourth-order valence-electron chi connectivity index (χ4n) is 2.29. The summed E-state index contributed by atoms with van der Waals surface area (Å²) in [5.74, 6) is 1.28. The molecule has 1 heterocycles. The van der Waals surface area contributed by atoms with Crippen molar-refractivity contribution in [1.82, 2.24) is 4.90 Å². The molecular weight excluding hydrogens is 228 g/mol. The minimum atomic E-state index is 0.0123. The highest BCUT2D eigenvalue weighted by Crippen LogP contribution is 2.27. The SMILES string of the molecule is COc1cccc(C(=O)N2CCC(C)CC2)c1N. The predicted octanol–water partition coefficient (Wildman–Crippen LogP) is 2.15. The predicted molar refractivity (Wildman–Crippen MR) is 71.7 cm³/mol. The summed E-state index contributed by atoms with van der Waals surface area (Å²) in [7, 11) is 1.56. The first-order chi connectivity index (χ1) is 8.63. The van der Waals surface area contributed by atoms with E-state index in [1.165, 1.54) is 0 Å². The van der Waals surface area contributed by atoms with Crippen LogP contribution in [0.4, 0.5) is 5.69 Å². The lowest BCUT2D eigenvalue weighted by Crippen LogP contribution is -2.38. The number of carbonyl (C=O) groups is 1. The molecule has 0 saturated carbocycles. The molecule has 4 heteroatoms. The molecule has 0 bridgehead atoms. The first kappa shape index (κ1) is 12.7. The minimum Gasteiger partial charge on any atom is -0.495 e. The summed E-state index contributed by atoms with van der Waals surface area (Å²) >= 11 is 0. The number of piperidine rings is 1. The molecule has 2 N–H and O–H groups in total. The quantitative estimate of drug-likeness (QED) is 0.816. The second kappa shape index (κ2) is 5.29. The maximum Gasteiger partial charge on any atom is 0.256 e. The van der Waals surface area contributed by atoms with Crippen LogP contribution in [0.15, 0.2) is 18.2 Å². The lowest BCUT2D eigenvalue weighted by atomic mass is 9.98. The molecule has 1 saturated heterocycles. The summed E-state index contributed by atoms with van der Waals surface area (Å²) in [6.07, 6.45) is 2.13. The Balaban J connectivity index is 2.18. The van der Waals surface area contributed by atoms with Gasteiger partial charge in [-0.25, -0.2) is 0 Å². The molecule has 1 aromatic rings. The Bertz CT molecular complexity index is 437. The zero-order chi connectivity index (χ0) is 13.1. The van der Waals surface area contributed by atoms with E-state index in [1.54, 1.807) is 25.3 Å². The summed E-state index contributed by atoms with van der Waals surface area (Å²) in [6, 6.07) is 5.33. The number of rotatable bonds is 2. The van der Waals surface area contributed by atoms with Crippen molar-refractivity contribution in [2.24, 2.45) is 5.92 Å². The van der Waals surface area contributed by atoms with E-state index in [0.717, 1.165) is 25.9 Å². The number of amides is 1. The Morgan fingerprint density at radius 2 is 2.06 bits per heavy atom. The van der Waals surface area contributed by atoms with Gasteiger partial charge < -0.3 is 15.4 Å². The van der Waals surface area contributed by atoms with Crippen molar-refractivity contribution >= 4 is 11.6 Å². The van der Waals surface area contributed by atoms with Gasteiger partial charge in [0.05, 0.1) is 18.4 Å². The Morgan fingerprint density at radius 1 is 1.39 bits per heavy atom. The number of para-hydroxylation sites is 1. The molecule has 4 nitrogen and oxygen atoms in total.